The van der Waals surface area contributed by atoms with E-state index in [1.165, 1.54) is 0 Å². The number of benzene rings is 1. The van der Waals surface area contributed by atoms with Crippen molar-refractivity contribution in [3.05, 3.63) is 51.2 Å². The fourth-order valence-electron chi connectivity index (χ4n) is 2.27. The SMILES string of the molecule is C=c1c(C#N)c(C#N)c(=C)c(-c2cccnc2C)c1C#N. The zero-order valence-electron chi connectivity index (χ0n) is 11.4. The molecular weight excluding hydrogens is 260 g/mol. The number of rotatable bonds is 1. The average molecular weight is 270 g/mol. The van der Waals surface area contributed by atoms with E-state index in [0.29, 0.717) is 22.0 Å². The summed E-state index contributed by atoms with van der Waals surface area (Å²) < 4.78 is 0. The van der Waals surface area contributed by atoms with Gasteiger partial charge in [-0.3, -0.25) is 4.98 Å². The van der Waals surface area contributed by atoms with Crippen molar-refractivity contribution >= 4 is 13.2 Å². The normalized spacial score (nSPS) is 9.43. The molecule has 98 valence electrons. The van der Waals surface area contributed by atoms with Crippen LogP contribution in [0.15, 0.2) is 18.3 Å². The van der Waals surface area contributed by atoms with E-state index in [4.69, 9.17) is 0 Å². The Bertz CT molecular complexity index is 966. The van der Waals surface area contributed by atoms with Gasteiger partial charge in [-0.15, -0.1) is 0 Å². The maximum absolute atomic E-state index is 9.43. The van der Waals surface area contributed by atoms with E-state index in [1.807, 2.05) is 19.1 Å². The molecule has 0 aliphatic heterocycles. The molecule has 0 aliphatic rings. The number of aromatic nitrogens is 1. The maximum Gasteiger partial charge on any atom is 0.101 e. The van der Waals surface area contributed by atoms with Gasteiger partial charge in [-0.1, -0.05) is 19.2 Å². The molecule has 21 heavy (non-hydrogen) atoms. The first-order chi connectivity index (χ1) is 10.1. The van der Waals surface area contributed by atoms with Crippen LogP contribution < -0.4 is 10.4 Å². The first-order valence-electron chi connectivity index (χ1n) is 6.07. The minimum atomic E-state index is 0.101. The maximum atomic E-state index is 9.43. The zero-order chi connectivity index (χ0) is 15.6. The largest absolute Gasteiger partial charge is 0.261 e. The second-order valence-corrected chi connectivity index (χ2v) is 4.43. The van der Waals surface area contributed by atoms with Crippen molar-refractivity contribution in [2.24, 2.45) is 0 Å². The molecule has 4 heteroatoms. The highest BCUT2D eigenvalue weighted by Gasteiger charge is 2.17. The number of hydrogen-bond donors (Lipinski definition) is 0. The number of nitrogens with zero attached hydrogens (tertiary/aromatic N) is 4. The van der Waals surface area contributed by atoms with Gasteiger partial charge in [0.05, 0.1) is 16.7 Å². The summed E-state index contributed by atoms with van der Waals surface area (Å²) in [5, 5.41) is 28.5. The van der Waals surface area contributed by atoms with Crippen LogP contribution in [0, 0.1) is 40.9 Å². The highest BCUT2D eigenvalue weighted by atomic mass is 14.7. The lowest BCUT2D eigenvalue weighted by molar-refractivity contribution is 1.20. The van der Waals surface area contributed by atoms with E-state index in [-0.39, 0.29) is 21.9 Å². The van der Waals surface area contributed by atoms with Gasteiger partial charge in [0.25, 0.3) is 0 Å². The van der Waals surface area contributed by atoms with Crippen molar-refractivity contribution in [1.29, 1.82) is 15.8 Å². The van der Waals surface area contributed by atoms with Crippen molar-refractivity contribution in [2.45, 2.75) is 6.92 Å². The number of hydrogen-bond acceptors (Lipinski definition) is 4. The van der Waals surface area contributed by atoms with Crippen LogP contribution in [0.2, 0.25) is 0 Å². The minimum Gasteiger partial charge on any atom is -0.261 e. The predicted octanol–water partition coefficient (Wildman–Crippen LogP) is 1.49. The molecule has 0 atom stereocenters. The van der Waals surface area contributed by atoms with Gasteiger partial charge in [0.15, 0.2) is 0 Å². The summed E-state index contributed by atoms with van der Waals surface area (Å²) in [5.74, 6) is 0. The Morgan fingerprint density at radius 3 is 2.05 bits per heavy atom. The molecule has 0 saturated carbocycles. The molecule has 2 rings (SSSR count). The molecule has 0 radical (unpaired) electrons. The summed E-state index contributed by atoms with van der Waals surface area (Å²) in [6, 6.07) is 9.53. The third-order valence-corrected chi connectivity index (χ3v) is 3.32. The number of nitriles is 3. The van der Waals surface area contributed by atoms with Crippen molar-refractivity contribution in [3.63, 3.8) is 0 Å². The summed E-state index contributed by atoms with van der Waals surface area (Å²) in [6.45, 7) is 9.48. The molecule has 0 aliphatic carbocycles. The lowest BCUT2D eigenvalue weighted by Gasteiger charge is -2.11. The van der Waals surface area contributed by atoms with E-state index in [2.05, 4.69) is 24.2 Å². The van der Waals surface area contributed by atoms with Gasteiger partial charge in [0.1, 0.15) is 18.2 Å². The standard InChI is InChI=1S/C17H10N4/c1-10-14(7-18)15(8-19)11(2)17(16(10)9-20)13-5-4-6-21-12(13)3/h4-6H,1-2H2,3H3. The van der Waals surface area contributed by atoms with Crippen molar-refractivity contribution in [3.8, 4) is 29.3 Å². The molecule has 0 fully saturated rings. The van der Waals surface area contributed by atoms with Crippen LogP contribution in [0.25, 0.3) is 24.3 Å². The topological polar surface area (TPSA) is 84.3 Å². The highest BCUT2D eigenvalue weighted by Crippen LogP contribution is 2.21. The quantitative estimate of drug-likeness (QED) is 0.785. The van der Waals surface area contributed by atoms with Crippen molar-refractivity contribution in [2.75, 3.05) is 0 Å². The molecule has 0 saturated heterocycles. The first-order valence-corrected chi connectivity index (χ1v) is 6.07. The molecule has 0 N–H and O–H groups in total. The molecule has 1 aromatic carbocycles. The molecule has 1 heterocycles. The van der Waals surface area contributed by atoms with Gasteiger partial charge in [-0.2, -0.15) is 15.8 Å². The Balaban J connectivity index is 3.11. The van der Waals surface area contributed by atoms with Crippen LogP contribution in [0.4, 0.5) is 0 Å². The second kappa shape index (κ2) is 5.29. The summed E-state index contributed by atoms with van der Waals surface area (Å²) in [7, 11) is 0. The second-order valence-electron chi connectivity index (χ2n) is 4.43. The lowest BCUT2D eigenvalue weighted by Crippen LogP contribution is -2.24. The van der Waals surface area contributed by atoms with Gasteiger partial charge in [-0.05, 0) is 18.2 Å². The Morgan fingerprint density at radius 1 is 0.952 bits per heavy atom. The van der Waals surface area contributed by atoms with Crippen LogP contribution in [0.1, 0.15) is 22.4 Å². The third kappa shape index (κ3) is 2.04. The molecule has 0 amide bonds. The Morgan fingerprint density at radius 2 is 1.52 bits per heavy atom. The van der Waals surface area contributed by atoms with Gasteiger partial charge >= 0.3 is 0 Å². The smallest absolute Gasteiger partial charge is 0.101 e. The molecule has 4 nitrogen and oxygen atoms in total. The van der Waals surface area contributed by atoms with Crippen molar-refractivity contribution < 1.29 is 0 Å². The van der Waals surface area contributed by atoms with E-state index in [9.17, 15) is 15.8 Å². The van der Waals surface area contributed by atoms with E-state index < -0.39 is 0 Å². The number of pyridine rings is 1. The monoisotopic (exact) mass is 270 g/mol. The predicted molar refractivity (Wildman–Crippen MR) is 78.8 cm³/mol. The minimum absolute atomic E-state index is 0.101. The van der Waals surface area contributed by atoms with Crippen LogP contribution in [0.3, 0.4) is 0 Å². The van der Waals surface area contributed by atoms with Crippen LogP contribution >= 0.6 is 0 Å². The average Bonchev–Trinajstić information content (AvgIpc) is 2.49. The fourth-order valence-corrected chi connectivity index (χ4v) is 2.27. The summed E-state index contributed by atoms with van der Waals surface area (Å²) in [5.41, 5.74) is 2.45. The molecule has 0 bridgehead atoms. The van der Waals surface area contributed by atoms with Gasteiger partial charge in [0, 0.05) is 28.2 Å². The van der Waals surface area contributed by atoms with Crippen LogP contribution in [-0.2, 0) is 0 Å². The van der Waals surface area contributed by atoms with E-state index in [0.717, 1.165) is 0 Å². The Hall–Kier alpha value is -3.42. The van der Waals surface area contributed by atoms with Crippen molar-refractivity contribution in [1.82, 2.24) is 4.98 Å². The van der Waals surface area contributed by atoms with E-state index >= 15 is 0 Å². The van der Waals surface area contributed by atoms with Crippen LogP contribution in [-0.4, -0.2) is 4.98 Å². The molecule has 0 spiro atoms. The summed E-state index contributed by atoms with van der Waals surface area (Å²) >= 11 is 0. The Kier molecular flexibility index (Phi) is 3.53. The zero-order valence-corrected chi connectivity index (χ0v) is 11.4. The fraction of sp³-hybridized carbons (Fsp3) is 0.0588. The summed E-state index contributed by atoms with van der Waals surface area (Å²) in [4.78, 5) is 4.19. The van der Waals surface area contributed by atoms with Gasteiger partial charge in [0.2, 0.25) is 0 Å². The van der Waals surface area contributed by atoms with Gasteiger partial charge in [-0.25, -0.2) is 0 Å². The molecule has 2 aromatic rings. The molecular formula is C17H10N4. The van der Waals surface area contributed by atoms with Gasteiger partial charge < -0.3 is 0 Å². The highest BCUT2D eigenvalue weighted by molar-refractivity contribution is 5.76. The van der Waals surface area contributed by atoms with Crippen LogP contribution in [0.5, 0.6) is 0 Å². The Labute approximate surface area is 122 Å². The van der Waals surface area contributed by atoms with E-state index in [1.54, 1.807) is 18.3 Å². The molecule has 0 unspecified atom stereocenters. The molecule has 1 aromatic heterocycles. The number of aryl methyl sites for hydroxylation is 1. The first kappa shape index (κ1) is 14.0. The lowest BCUT2D eigenvalue weighted by atomic mass is 9.90. The third-order valence-electron chi connectivity index (χ3n) is 3.32. The summed E-state index contributed by atoms with van der Waals surface area (Å²) in [6.07, 6.45) is 1.65.